The lowest BCUT2D eigenvalue weighted by Gasteiger charge is -2.39. The van der Waals surface area contributed by atoms with Crippen LogP contribution >= 0.6 is 0 Å². The van der Waals surface area contributed by atoms with E-state index >= 15 is 0 Å². The molecule has 0 bridgehead atoms. The molecule has 2 aliphatic heterocycles. The molecule has 23 heavy (non-hydrogen) atoms. The van der Waals surface area contributed by atoms with Gasteiger partial charge in [0.05, 0.1) is 11.9 Å². The number of nitrogens with one attached hydrogen (secondary N) is 1. The molecule has 2 saturated heterocycles. The number of hydrogen-bond donors (Lipinski definition) is 1. The van der Waals surface area contributed by atoms with Crippen molar-refractivity contribution in [3.8, 4) is 11.3 Å². The van der Waals surface area contributed by atoms with Crippen molar-refractivity contribution in [2.24, 2.45) is 5.41 Å². The Bertz CT molecular complexity index is 648. The fourth-order valence-corrected chi connectivity index (χ4v) is 4.23. The Morgan fingerprint density at radius 3 is 2.96 bits per heavy atom. The maximum absolute atomic E-state index is 5.58. The number of rotatable bonds is 3. The van der Waals surface area contributed by atoms with Gasteiger partial charge < -0.3 is 4.74 Å². The maximum atomic E-state index is 5.58. The van der Waals surface area contributed by atoms with Crippen LogP contribution in [-0.4, -0.2) is 45.9 Å². The molecule has 1 unspecified atom stereocenters. The summed E-state index contributed by atoms with van der Waals surface area (Å²) in [5.74, 6) is 0. The van der Waals surface area contributed by atoms with E-state index in [1.54, 1.807) is 6.20 Å². The fraction of sp³-hybridized carbons (Fsp3) is 0.556. The predicted octanol–water partition coefficient (Wildman–Crippen LogP) is 2.86. The normalized spacial score (nSPS) is 24.3. The van der Waals surface area contributed by atoms with Crippen LogP contribution in [0.3, 0.4) is 0 Å². The zero-order valence-corrected chi connectivity index (χ0v) is 13.7. The molecule has 2 aliphatic rings. The SMILES string of the molecule is CC1N(Cc2cn[nH]c2-c2cccnc2)CCC12CCOCC2. The van der Waals surface area contributed by atoms with Crippen molar-refractivity contribution in [1.29, 1.82) is 0 Å². The molecule has 0 amide bonds. The van der Waals surface area contributed by atoms with Crippen molar-refractivity contribution >= 4 is 0 Å². The van der Waals surface area contributed by atoms with E-state index in [0.29, 0.717) is 11.5 Å². The zero-order chi connectivity index (χ0) is 15.7. The highest BCUT2D eigenvalue weighted by Gasteiger charge is 2.45. The average molecular weight is 312 g/mol. The zero-order valence-electron chi connectivity index (χ0n) is 13.7. The first-order chi connectivity index (χ1) is 11.3. The van der Waals surface area contributed by atoms with E-state index in [4.69, 9.17) is 4.74 Å². The third-order valence-electron chi connectivity index (χ3n) is 5.86. The Hall–Kier alpha value is -1.72. The Kier molecular flexibility index (Phi) is 3.91. The number of aromatic amines is 1. The minimum Gasteiger partial charge on any atom is -0.381 e. The third-order valence-corrected chi connectivity index (χ3v) is 5.86. The van der Waals surface area contributed by atoms with Crippen LogP contribution in [-0.2, 0) is 11.3 Å². The topological polar surface area (TPSA) is 54.0 Å². The number of ether oxygens (including phenoxy) is 1. The lowest BCUT2D eigenvalue weighted by Crippen LogP contribution is -2.40. The number of nitrogens with zero attached hydrogens (tertiary/aromatic N) is 3. The lowest BCUT2D eigenvalue weighted by atomic mass is 9.74. The van der Waals surface area contributed by atoms with Gasteiger partial charge in [-0.3, -0.25) is 15.0 Å². The standard InChI is InChI=1S/C18H24N4O/c1-14-18(5-9-23-10-6-18)4-8-22(14)13-16-12-20-21-17(16)15-3-2-7-19-11-15/h2-3,7,11-12,14H,4-6,8-10,13H2,1H3,(H,20,21). The van der Waals surface area contributed by atoms with Gasteiger partial charge in [0.25, 0.3) is 0 Å². The molecule has 0 saturated carbocycles. The summed E-state index contributed by atoms with van der Waals surface area (Å²) in [6, 6.07) is 4.65. The molecule has 0 aliphatic carbocycles. The van der Waals surface area contributed by atoms with E-state index in [1.165, 1.54) is 31.4 Å². The van der Waals surface area contributed by atoms with Gasteiger partial charge in [0.2, 0.25) is 0 Å². The maximum Gasteiger partial charge on any atom is 0.0710 e. The molecule has 1 atom stereocenters. The monoisotopic (exact) mass is 312 g/mol. The highest BCUT2D eigenvalue weighted by Crippen LogP contribution is 2.45. The molecule has 5 heteroatoms. The van der Waals surface area contributed by atoms with Crippen LogP contribution in [0.4, 0.5) is 0 Å². The van der Waals surface area contributed by atoms with Gasteiger partial charge in [-0.25, -0.2) is 0 Å². The number of hydrogen-bond acceptors (Lipinski definition) is 4. The summed E-state index contributed by atoms with van der Waals surface area (Å²) < 4.78 is 5.58. The number of likely N-dealkylation sites (tertiary alicyclic amines) is 1. The van der Waals surface area contributed by atoms with Crippen LogP contribution in [0.15, 0.2) is 30.7 Å². The summed E-state index contributed by atoms with van der Waals surface area (Å²) in [6.07, 6.45) is 9.35. The van der Waals surface area contributed by atoms with Crippen molar-refractivity contribution in [3.05, 3.63) is 36.3 Å². The van der Waals surface area contributed by atoms with Crippen LogP contribution in [0.25, 0.3) is 11.3 Å². The molecule has 1 N–H and O–H groups in total. The molecule has 2 aromatic rings. The van der Waals surface area contributed by atoms with E-state index < -0.39 is 0 Å². The van der Waals surface area contributed by atoms with Crippen molar-refractivity contribution in [1.82, 2.24) is 20.1 Å². The third kappa shape index (κ3) is 2.68. The number of pyridine rings is 1. The Morgan fingerprint density at radius 1 is 1.30 bits per heavy atom. The minimum atomic E-state index is 0.455. The summed E-state index contributed by atoms with van der Waals surface area (Å²) in [5.41, 5.74) is 3.91. The van der Waals surface area contributed by atoms with Gasteiger partial charge in [-0.15, -0.1) is 0 Å². The van der Waals surface area contributed by atoms with Gasteiger partial charge >= 0.3 is 0 Å². The van der Waals surface area contributed by atoms with Crippen LogP contribution in [0.1, 0.15) is 31.7 Å². The highest BCUT2D eigenvalue weighted by molar-refractivity contribution is 5.61. The first kappa shape index (κ1) is 14.8. The van der Waals surface area contributed by atoms with Crippen molar-refractivity contribution < 1.29 is 4.74 Å². The molecule has 4 heterocycles. The molecule has 4 rings (SSSR count). The molecule has 2 fully saturated rings. The molecule has 0 radical (unpaired) electrons. The van der Waals surface area contributed by atoms with Gasteiger partial charge in [-0.05, 0) is 50.3 Å². The molecular weight excluding hydrogens is 288 g/mol. The van der Waals surface area contributed by atoms with Crippen molar-refractivity contribution in [2.45, 2.75) is 38.8 Å². The molecular formula is C18H24N4O. The smallest absolute Gasteiger partial charge is 0.0710 e. The Morgan fingerprint density at radius 2 is 2.17 bits per heavy atom. The largest absolute Gasteiger partial charge is 0.381 e. The first-order valence-electron chi connectivity index (χ1n) is 8.53. The van der Waals surface area contributed by atoms with Crippen LogP contribution in [0, 0.1) is 5.41 Å². The van der Waals surface area contributed by atoms with Crippen LogP contribution in [0.5, 0.6) is 0 Å². The van der Waals surface area contributed by atoms with Gasteiger partial charge in [0.15, 0.2) is 0 Å². The summed E-state index contributed by atoms with van der Waals surface area (Å²) in [4.78, 5) is 6.83. The second-order valence-corrected chi connectivity index (χ2v) is 6.88. The molecule has 2 aromatic heterocycles. The van der Waals surface area contributed by atoms with E-state index in [2.05, 4.69) is 33.1 Å². The minimum absolute atomic E-state index is 0.455. The van der Waals surface area contributed by atoms with Crippen LogP contribution in [0.2, 0.25) is 0 Å². The predicted molar refractivity (Wildman–Crippen MR) is 88.8 cm³/mol. The quantitative estimate of drug-likeness (QED) is 0.947. The molecule has 1 spiro atoms. The van der Waals surface area contributed by atoms with Gasteiger partial charge in [-0.1, -0.05) is 0 Å². The average Bonchev–Trinajstić information content (AvgIpc) is 3.18. The van der Waals surface area contributed by atoms with Gasteiger partial charge in [-0.2, -0.15) is 5.10 Å². The second-order valence-electron chi connectivity index (χ2n) is 6.88. The molecule has 5 nitrogen and oxygen atoms in total. The molecule has 122 valence electrons. The van der Waals surface area contributed by atoms with Gasteiger partial charge in [0, 0.05) is 49.3 Å². The summed E-state index contributed by atoms with van der Waals surface area (Å²) in [5, 5.41) is 7.42. The molecule has 0 aromatic carbocycles. The Balaban J connectivity index is 1.53. The highest BCUT2D eigenvalue weighted by atomic mass is 16.5. The number of H-pyrrole nitrogens is 1. The lowest BCUT2D eigenvalue weighted by molar-refractivity contribution is -0.00148. The van der Waals surface area contributed by atoms with Crippen LogP contribution < -0.4 is 0 Å². The van der Waals surface area contributed by atoms with E-state index in [1.807, 2.05) is 18.5 Å². The first-order valence-corrected chi connectivity index (χ1v) is 8.53. The summed E-state index contributed by atoms with van der Waals surface area (Å²) >= 11 is 0. The van der Waals surface area contributed by atoms with E-state index in [-0.39, 0.29) is 0 Å². The number of aromatic nitrogens is 3. The Labute approximate surface area is 137 Å². The second kappa shape index (κ2) is 6.06. The fourth-order valence-electron chi connectivity index (χ4n) is 4.23. The van der Waals surface area contributed by atoms with Crippen molar-refractivity contribution in [2.75, 3.05) is 19.8 Å². The van der Waals surface area contributed by atoms with Crippen molar-refractivity contribution in [3.63, 3.8) is 0 Å². The van der Waals surface area contributed by atoms with Gasteiger partial charge in [0.1, 0.15) is 0 Å². The summed E-state index contributed by atoms with van der Waals surface area (Å²) in [7, 11) is 0. The van der Waals surface area contributed by atoms with E-state index in [9.17, 15) is 0 Å². The summed E-state index contributed by atoms with van der Waals surface area (Å²) in [6.45, 7) is 6.35. The van der Waals surface area contributed by atoms with E-state index in [0.717, 1.165) is 31.0 Å².